The van der Waals surface area contributed by atoms with Crippen molar-refractivity contribution in [2.24, 2.45) is 0 Å². The molecule has 1 aliphatic carbocycles. The first kappa shape index (κ1) is 21.4. The molecule has 3 aromatic rings. The van der Waals surface area contributed by atoms with Gasteiger partial charge in [-0.3, -0.25) is 0 Å². The standard InChI is InChI=1S/C28H29NO4/c1-31-24-8-3-21(4-9-24)28(22-5-10-25(32-2)11-6-22)18-20-17-23(29-13-15-33-16-14-29)7-12-26(20)27(30)19-28/h3-12,17,19,30H,13-16,18H2,1-2H3. The zero-order valence-electron chi connectivity index (χ0n) is 19.1. The summed E-state index contributed by atoms with van der Waals surface area (Å²) in [7, 11) is 3.34. The predicted molar refractivity (Wildman–Crippen MR) is 131 cm³/mol. The van der Waals surface area contributed by atoms with E-state index in [-0.39, 0.29) is 0 Å². The third kappa shape index (κ3) is 3.93. The summed E-state index contributed by atoms with van der Waals surface area (Å²) < 4.78 is 16.3. The highest BCUT2D eigenvalue weighted by Crippen LogP contribution is 2.45. The van der Waals surface area contributed by atoms with Crippen molar-refractivity contribution in [2.75, 3.05) is 45.4 Å². The maximum atomic E-state index is 11.2. The molecule has 0 unspecified atom stereocenters. The Morgan fingerprint density at radius 1 is 0.818 bits per heavy atom. The molecule has 1 fully saturated rings. The first-order chi connectivity index (χ1) is 16.1. The molecule has 0 atom stereocenters. The van der Waals surface area contributed by atoms with Gasteiger partial charge in [-0.2, -0.15) is 0 Å². The van der Waals surface area contributed by atoms with Crippen molar-refractivity contribution in [3.05, 3.63) is 95.1 Å². The molecular weight excluding hydrogens is 414 g/mol. The number of aliphatic hydroxyl groups is 1. The summed E-state index contributed by atoms with van der Waals surface area (Å²) >= 11 is 0. The second-order valence-corrected chi connectivity index (χ2v) is 8.58. The van der Waals surface area contributed by atoms with Gasteiger partial charge in [-0.15, -0.1) is 0 Å². The van der Waals surface area contributed by atoms with Crippen LogP contribution in [0, 0.1) is 0 Å². The van der Waals surface area contributed by atoms with Crippen molar-refractivity contribution in [1.82, 2.24) is 0 Å². The fourth-order valence-electron chi connectivity index (χ4n) is 4.97. The molecule has 5 nitrogen and oxygen atoms in total. The Balaban J connectivity index is 1.63. The summed E-state index contributed by atoms with van der Waals surface area (Å²) in [6.45, 7) is 3.24. The van der Waals surface area contributed by atoms with E-state index in [0.29, 0.717) is 5.76 Å². The van der Waals surface area contributed by atoms with Crippen LogP contribution in [-0.2, 0) is 16.6 Å². The van der Waals surface area contributed by atoms with Gasteiger partial charge in [0, 0.05) is 29.8 Å². The highest BCUT2D eigenvalue weighted by Gasteiger charge is 2.38. The van der Waals surface area contributed by atoms with Crippen LogP contribution in [0.2, 0.25) is 0 Å². The molecular formula is C28H29NO4. The quantitative estimate of drug-likeness (QED) is 0.603. The highest BCUT2D eigenvalue weighted by molar-refractivity contribution is 5.72. The van der Waals surface area contributed by atoms with Gasteiger partial charge in [0.15, 0.2) is 0 Å². The molecule has 0 spiro atoms. The first-order valence-corrected chi connectivity index (χ1v) is 11.3. The highest BCUT2D eigenvalue weighted by atomic mass is 16.5. The average Bonchev–Trinajstić information content (AvgIpc) is 2.89. The van der Waals surface area contributed by atoms with Crippen LogP contribution in [0.25, 0.3) is 5.76 Å². The number of benzene rings is 3. The molecule has 3 aromatic carbocycles. The lowest BCUT2D eigenvalue weighted by Gasteiger charge is -2.37. The number of fused-ring (bicyclic) bond motifs is 1. The number of allylic oxidation sites excluding steroid dienone is 1. The Morgan fingerprint density at radius 3 is 1.94 bits per heavy atom. The molecule has 5 rings (SSSR count). The second-order valence-electron chi connectivity index (χ2n) is 8.58. The topological polar surface area (TPSA) is 51.2 Å². The van der Waals surface area contributed by atoms with E-state index in [1.807, 2.05) is 36.4 Å². The fourth-order valence-corrected chi connectivity index (χ4v) is 4.97. The van der Waals surface area contributed by atoms with Crippen molar-refractivity contribution in [1.29, 1.82) is 0 Å². The number of hydrogen-bond donors (Lipinski definition) is 1. The maximum absolute atomic E-state index is 11.2. The molecule has 0 saturated carbocycles. The lowest BCUT2D eigenvalue weighted by Crippen LogP contribution is -2.36. The van der Waals surface area contributed by atoms with Crippen LogP contribution in [0.3, 0.4) is 0 Å². The van der Waals surface area contributed by atoms with Crippen LogP contribution < -0.4 is 14.4 Å². The zero-order valence-corrected chi connectivity index (χ0v) is 19.1. The Hall–Kier alpha value is -3.44. The molecule has 33 heavy (non-hydrogen) atoms. The Labute approximate surface area is 194 Å². The minimum Gasteiger partial charge on any atom is -0.508 e. The molecule has 2 aliphatic rings. The van der Waals surface area contributed by atoms with E-state index in [2.05, 4.69) is 41.3 Å². The minimum absolute atomic E-state index is 0.302. The summed E-state index contributed by atoms with van der Waals surface area (Å²) in [5.41, 5.74) is 4.88. The van der Waals surface area contributed by atoms with E-state index < -0.39 is 5.41 Å². The van der Waals surface area contributed by atoms with Gasteiger partial charge in [-0.1, -0.05) is 24.3 Å². The maximum Gasteiger partial charge on any atom is 0.120 e. The largest absolute Gasteiger partial charge is 0.508 e. The molecule has 1 N–H and O–H groups in total. The van der Waals surface area contributed by atoms with Gasteiger partial charge in [0.25, 0.3) is 0 Å². The van der Waals surface area contributed by atoms with Crippen molar-refractivity contribution in [3.63, 3.8) is 0 Å². The number of anilines is 1. The second kappa shape index (κ2) is 8.83. The minimum atomic E-state index is -0.515. The summed E-state index contributed by atoms with van der Waals surface area (Å²) in [6, 6.07) is 22.6. The van der Waals surface area contributed by atoms with E-state index >= 15 is 0 Å². The summed E-state index contributed by atoms with van der Waals surface area (Å²) in [6.07, 6.45) is 2.73. The van der Waals surface area contributed by atoms with Gasteiger partial charge in [-0.25, -0.2) is 0 Å². The summed E-state index contributed by atoms with van der Waals surface area (Å²) in [5, 5.41) is 11.2. The van der Waals surface area contributed by atoms with Crippen molar-refractivity contribution >= 4 is 11.4 Å². The number of aliphatic hydroxyl groups excluding tert-OH is 1. The Morgan fingerprint density at radius 2 is 1.39 bits per heavy atom. The normalized spacial score (nSPS) is 17.2. The Bertz CT molecular complexity index is 1100. The van der Waals surface area contributed by atoms with Crippen LogP contribution in [0.1, 0.15) is 22.3 Å². The number of nitrogens with zero attached hydrogens (tertiary/aromatic N) is 1. The molecule has 0 radical (unpaired) electrons. The molecule has 1 heterocycles. The van der Waals surface area contributed by atoms with E-state index in [1.165, 1.54) is 5.69 Å². The molecule has 5 heteroatoms. The van der Waals surface area contributed by atoms with E-state index in [0.717, 1.165) is 66.5 Å². The van der Waals surface area contributed by atoms with Gasteiger partial charge in [0.2, 0.25) is 0 Å². The van der Waals surface area contributed by atoms with E-state index in [4.69, 9.17) is 14.2 Å². The third-order valence-electron chi connectivity index (χ3n) is 6.80. The molecule has 170 valence electrons. The Kier molecular flexibility index (Phi) is 5.73. The van der Waals surface area contributed by atoms with Crippen LogP contribution in [0.4, 0.5) is 5.69 Å². The summed E-state index contributed by atoms with van der Waals surface area (Å²) in [5.74, 6) is 1.92. The van der Waals surface area contributed by atoms with Crippen molar-refractivity contribution < 1.29 is 19.3 Å². The van der Waals surface area contributed by atoms with Gasteiger partial charge in [0.1, 0.15) is 17.3 Å². The molecule has 0 aromatic heterocycles. The fraction of sp³-hybridized carbons (Fsp3) is 0.286. The van der Waals surface area contributed by atoms with Gasteiger partial charge < -0.3 is 24.2 Å². The molecule has 1 saturated heterocycles. The van der Waals surface area contributed by atoms with Crippen molar-refractivity contribution in [2.45, 2.75) is 11.8 Å². The molecule has 0 bridgehead atoms. The van der Waals surface area contributed by atoms with Gasteiger partial charge in [0.05, 0.1) is 27.4 Å². The number of morpholine rings is 1. The number of hydrogen-bond acceptors (Lipinski definition) is 5. The lowest BCUT2D eigenvalue weighted by molar-refractivity contribution is 0.122. The first-order valence-electron chi connectivity index (χ1n) is 11.3. The summed E-state index contributed by atoms with van der Waals surface area (Å²) in [4.78, 5) is 2.35. The van der Waals surface area contributed by atoms with Crippen LogP contribution in [0.5, 0.6) is 11.5 Å². The monoisotopic (exact) mass is 443 g/mol. The van der Waals surface area contributed by atoms with Crippen LogP contribution in [-0.4, -0.2) is 45.6 Å². The number of ether oxygens (including phenoxy) is 3. The van der Waals surface area contributed by atoms with Crippen LogP contribution >= 0.6 is 0 Å². The predicted octanol–water partition coefficient (Wildman–Crippen LogP) is 4.98. The zero-order chi connectivity index (χ0) is 22.8. The van der Waals surface area contributed by atoms with E-state index in [1.54, 1.807) is 14.2 Å². The lowest BCUT2D eigenvalue weighted by atomic mass is 9.67. The molecule has 1 aliphatic heterocycles. The number of methoxy groups -OCH3 is 2. The number of rotatable bonds is 5. The smallest absolute Gasteiger partial charge is 0.120 e. The van der Waals surface area contributed by atoms with Crippen LogP contribution in [0.15, 0.2) is 72.8 Å². The van der Waals surface area contributed by atoms with Gasteiger partial charge >= 0.3 is 0 Å². The van der Waals surface area contributed by atoms with E-state index in [9.17, 15) is 5.11 Å². The SMILES string of the molecule is COc1ccc(C2(c3ccc(OC)cc3)C=C(O)c3ccc(N4CCOCC4)cc3C2)cc1. The third-order valence-corrected chi connectivity index (χ3v) is 6.80. The van der Waals surface area contributed by atoms with Gasteiger partial charge in [-0.05, 0) is 71.7 Å². The van der Waals surface area contributed by atoms with Crippen molar-refractivity contribution in [3.8, 4) is 11.5 Å². The molecule has 0 amide bonds. The average molecular weight is 444 g/mol.